The first kappa shape index (κ1) is 74.4. The molecule has 0 unspecified atom stereocenters. The van der Waals surface area contributed by atoms with Crippen molar-refractivity contribution in [3.8, 4) is 0 Å². The van der Waals surface area contributed by atoms with Crippen LogP contribution in [0.3, 0.4) is 0 Å². The molecular formula is C70H136O6. The Morgan fingerprint density at radius 2 is 0.434 bits per heavy atom. The van der Waals surface area contributed by atoms with Gasteiger partial charge in [0.15, 0.2) is 6.10 Å². The van der Waals surface area contributed by atoms with E-state index in [4.69, 9.17) is 14.2 Å². The molecule has 452 valence electrons. The van der Waals surface area contributed by atoms with E-state index in [-0.39, 0.29) is 31.1 Å². The first-order chi connectivity index (χ1) is 37.2. The standard InChI is InChI=1S/C70H136O6/c1-6-7-8-9-10-11-12-13-14-15-16-20-25-30-35-40-45-50-55-60-68(71)74-63-67(64-75-69(72)61-56-51-46-41-36-31-27-22-24-29-34-39-44-49-54-59-66(4)5)76-70(73)62-57-52-47-42-37-32-26-21-18-17-19-23-28-33-38-43-48-53-58-65(2)3/h65-67H,6-64H2,1-5H3/t67-/m1/s1. The summed E-state index contributed by atoms with van der Waals surface area (Å²) in [6.07, 6.45) is 71.2. The van der Waals surface area contributed by atoms with E-state index >= 15 is 0 Å². The maximum absolute atomic E-state index is 13.0. The van der Waals surface area contributed by atoms with Crippen molar-refractivity contribution in [3.63, 3.8) is 0 Å². The van der Waals surface area contributed by atoms with Crippen LogP contribution in [0, 0.1) is 11.8 Å². The molecule has 0 bridgehead atoms. The van der Waals surface area contributed by atoms with Gasteiger partial charge in [0.05, 0.1) is 0 Å². The third kappa shape index (κ3) is 63.2. The number of hydrogen-bond donors (Lipinski definition) is 0. The zero-order valence-corrected chi connectivity index (χ0v) is 52.4. The van der Waals surface area contributed by atoms with Crippen LogP contribution in [0.15, 0.2) is 0 Å². The number of hydrogen-bond acceptors (Lipinski definition) is 6. The summed E-state index contributed by atoms with van der Waals surface area (Å²) in [5, 5.41) is 0. The van der Waals surface area contributed by atoms with Gasteiger partial charge in [0.2, 0.25) is 0 Å². The topological polar surface area (TPSA) is 78.9 Å². The Kier molecular flexibility index (Phi) is 61.3. The molecule has 0 aliphatic carbocycles. The second kappa shape index (κ2) is 62.6. The van der Waals surface area contributed by atoms with Crippen molar-refractivity contribution >= 4 is 17.9 Å². The number of rotatable bonds is 64. The summed E-state index contributed by atoms with van der Waals surface area (Å²) >= 11 is 0. The highest BCUT2D eigenvalue weighted by molar-refractivity contribution is 5.71. The third-order valence-electron chi connectivity index (χ3n) is 16.2. The fraction of sp³-hybridized carbons (Fsp3) is 0.957. The highest BCUT2D eigenvalue weighted by atomic mass is 16.6. The average molecular weight is 1070 g/mol. The van der Waals surface area contributed by atoms with E-state index in [1.54, 1.807) is 0 Å². The molecule has 0 saturated heterocycles. The average Bonchev–Trinajstić information content (AvgIpc) is 3.40. The fourth-order valence-electron chi connectivity index (χ4n) is 11.0. The normalized spacial score (nSPS) is 12.0. The summed E-state index contributed by atoms with van der Waals surface area (Å²) in [5.74, 6) is 0.883. The molecule has 0 saturated carbocycles. The highest BCUT2D eigenvalue weighted by Gasteiger charge is 2.20. The molecule has 0 spiro atoms. The molecule has 6 nitrogen and oxygen atoms in total. The maximum Gasteiger partial charge on any atom is 0.306 e. The minimum absolute atomic E-state index is 0.0612. The fourth-order valence-corrected chi connectivity index (χ4v) is 11.0. The van der Waals surface area contributed by atoms with Crippen LogP contribution in [0.5, 0.6) is 0 Å². The van der Waals surface area contributed by atoms with E-state index in [9.17, 15) is 14.4 Å². The predicted octanol–water partition coefficient (Wildman–Crippen LogP) is 23.6. The second-order valence-electron chi connectivity index (χ2n) is 25.1. The smallest absolute Gasteiger partial charge is 0.306 e. The zero-order valence-electron chi connectivity index (χ0n) is 52.4. The Bertz CT molecular complexity index is 1170. The van der Waals surface area contributed by atoms with Crippen LogP contribution in [-0.4, -0.2) is 37.2 Å². The number of ether oxygens (including phenoxy) is 3. The van der Waals surface area contributed by atoms with Crippen LogP contribution in [-0.2, 0) is 28.6 Å². The van der Waals surface area contributed by atoms with Crippen LogP contribution in [0.25, 0.3) is 0 Å². The van der Waals surface area contributed by atoms with Crippen molar-refractivity contribution in [2.45, 2.75) is 407 Å². The van der Waals surface area contributed by atoms with Crippen LogP contribution < -0.4 is 0 Å². The lowest BCUT2D eigenvalue weighted by atomic mass is 10.0. The van der Waals surface area contributed by atoms with Crippen molar-refractivity contribution in [1.29, 1.82) is 0 Å². The summed E-state index contributed by atoms with van der Waals surface area (Å²) in [7, 11) is 0. The molecular weight excluding hydrogens is 937 g/mol. The third-order valence-corrected chi connectivity index (χ3v) is 16.2. The summed E-state index contributed by atoms with van der Waals surface area (Å²) in [4.78, 5) is 38.4. The lowest BCUT2D eigenvalue weighted by Gasteiger charge is -2.18. The van der Waals surface area contributed by atoms with E-state index in [2.05, 4.69) is 34.6 Å². The van der Waals surface area contributed by atoms with Gasteiger partial charge in [-0.2, -0.15) is 0 Å². The van der Waals surface area contributed by atoms with Crippen LogP contribution in [0.2, 0.25) is 0 Å². The number of esters is 3. The van der Waals surface area contributed by atoms with Crippen LogP contribution in [0.4, 0.5) is 0 Å². The molecule has 0 radical (unpaired) electrons. The van der Waals surface area contributed by atoms with Crippen LogP contribution >= 0.6 is 0 Å². The maximum atomic E-state index is 13.0. The molecule has 6 heteroatoms. The van der Waals surface area contributed by atoms with Gasteiger partial charge in [-0.05, 0) is 31.1 Å². The van der Waals surface area contributed by atoms with Gasteiger partial charge in [-0.1, -0.05) is 362 Å². The van der Waals surface area contributed by atoms with Gasteiger partial charge in [-0.25, -0.2) is 0 Å². The quantitative estimate of drug-likeness (QED) is 0.0343. The molecule has 0 heterocycles. The Morgan fingerprint density at radius 1 is 0.250 bits per heavy atom. The molecule has 0 aromatic carbocycles. The molecule has 76 heavy (non-hydrogen) atoms. The van der Waals surface area contributed by atoms with E-state index < -0.39 is 6.10 Å². The van der Waals surface area contributed by atoms with Gasteiger partial charge in [0.25, 0.3) is 0 Å². The van der Waals surface area contributed by atoms with E-state index in [1.807, 2.05) is 0 Å². The van der Waals surface area contributed by atoms with Gasteiger partial charge in [0.1, 0.15) is 13.2 Å². The van der Waals surface area contributed by atoms with Gasteiger partial charge in [-0.15, -0.1) is 0 Å². The molecule has 0 aliphatic rings. The van der Waals surface area contributed by atoms with Gasteiger partial charge in [-0.3, -0.25) is 14.4 Å². The SMILES string of the molecule is CCCCCCCCCCCCCCCCCCCCCC(=O)OC[C@H](COC(=O)CCCCCCCCCCCCCCCCCC(C)C)OC(=O)CCCCCCCCCCCCCCCCCCCCC(C)C. The predicted molar refractivity (Wildman–Crippen MR) is 330 cm³/mol. The van der Waals surface area contributed by atoms with Crippen molar-refractivity contribution in [2.75, 3.05) is 13.2 Å². The molecule has 0 aliphatic heterocycles. The van der Waals surface area contributed by atoms with Crippen LogP contribution in [0.1, 0.15) is 401 Å². The van der Waals surface area contributed by atoms with Crippen molar-refractivity contribution in [1.82, 2.24) is 0 Å². The highest BCUT2D eigenvalue weighted by Crippen LogP contribution is 2.20. The summed E-state index contributed by atoms with van der Waals surface area (Å²) < 4.78 is 17.0. The van der Waals surface area contributed by atoms with E-state index in [0.717, 1.165) is 69.6 Å². The molecule has 0 rings (SSSR count). The zero-order chi connectivity index (χ0) is 55.3. The minimum Gasteiger partial charge on any atom is -0.462 e. The summed E-state index contributed by atoms with van der Waals surface area (Å²) in [6.45, 7) is 11.5. The first-order valence-corrected chi connectivity index (χ1v) is 34.7. The lowest BCUT2D eigenvalue weighted by Crippen LogP contribution is -2.30. The largest absolute Gasteiger partial charge is 0.462 e. The molecule has 0 aromatic rings. The molecule has 1 atom stereocenters. The minimum atomic E-state index is -0.765. The molecule has 0 aromatic heterocycles. The Balaban J connectivity index is 4.28. The summed E-state index contributed by atoms with van der Waals surface area (Å²) in [6, 6.07) is 0. The van der Waals surface area contributed by atoms with Gasteiger partial charge >= 0.3 is 17.9 Å². The van der Waals surface area contributed by atoms with Gasteiger partial charge < -0.3 is 14.2 Å². The number of unbranched alkanes of at least 4 members (excludes halogenated alkanes) is 49. The lowest BCUT2D eigenvalue weighted by molar-refractivity contribution is -0.167. The summed E-state index contributed by atoms with van der Waals surface area (Å²) in [5.41, 5.74) is 0. The van der Waals surface area contributed by atoms with Gasteiger partial charge in [0, 0.05) is 19.3 Å². The van der Waals surface area contributed by atoms with E-state index in [0.29, 0.717) is 19.3 Å². The second-order valence-corrected chi connectivity index (χ2v) is 25.1. The number of carbonyl (C=O) groups excluding carboxylic acids is 3. The molecule has 0 amide bonds. The number of carbonyl (C=O) groups is 3. The van der Waals surface area contributed by atoms with E-state index in [1.165, 1.54) is 289 Å². The molecule has 0 fully saturated rings. The monoisotopic (exact) mass is 1070 g/mol. The first-order valence-electron chi connectivity index (χ1n) is 34.7. The molecule has 0 N–H and O–H groups in total. The Labute approximate surface area is 476 Å². The van der Waals surface area contributed by atoms with Crippen molar-refractivity contribution in [2.24, 2.45) is 11.8 Å². The van der Waals surface area contributed by atoms with Crippen molar-refractivity contribution in [3.05, 3.63) is 0 Å². The van der Waals surface area contributed by atoms with Crippen molar-refractivity contribution < 1.29 is 28.6 Å². The Hall–Kier alpha value is -1.59. The Morgan fingerprint density at radius 3 is 0.645 bits per heavy atom.